The van der Waals surface area contributed by atoms with Gasteiger partial charge >= 0.3 is 5.97 Å². The topological polar surface area (TPSA) is 64.4 Å². The Hall–Kier alpha value is -1.39. The van der Waals surface area contributed by atoms with Crippen molar-refractivity contribution in [2.75, 3.05) is 13.1 Å². The van der Waals surface area contributed by atoms with Gasteiger partial charge in [-0.2, -0.15) is 0 Å². The molecule has 4 heteroatoms. The van der Waals surface area contributed by atoms with Crippen LogP contribution in [0.5, 0.6) is 0 Å². The molecule has 1 saturated heterocycles. The van der Waals surface area contributed by atoms with E-state index in [2.05, 4.69) is 5.32 Å². The van der Waals surface area contributed by atoms with E-state index in [1.54, 1.807) is 0 Å². The molecule has 0 spiro atoms. The van der Waals surface area contributed by atoms with Crippen LogP contribution in [0.1, 0.15) is 12.0 Å². The quantitative estimate of drug-likeness (QED) is 0.751. The van der Waals surface area contributed by atoms with Crippen molar-refractivity contribution in [3.8, 4) is 0 Å². The Balaban J connectivity index is 1.80. The lowest BCUT2D eigenvalue weighted by atomic mass is 10.0. The largest absolute Gasteiger partial charge is 0.460 e. The molecule has 0 saturated carbocycles. The lowest BCUT2D eigenvalue weighted by molar-refractivity contribution is -0.147. The van der Waals surface area contributed by atoms with Crippen molar-refractivity contribution in [1.29, 1.82) is 0 Å². The first-order valence-electron chi connectivity index (χ1n) is 5.94. The van der Waals surface area contributed by atoms with Gasteiger partial charge in [-0.1, -0.05) is 30.3 Å². The van der Waals surface area contributed by atoms with E-state index in [1.165, 1.54) is 0 Å². The molecule has 2 rings (SSSR count). The third kappa shape index (κ3) is 3.28. The average molecular weight is 234 g/mol. The van der Waals surface area contributed by atoms with Gasteiger partial charge in [0.05, 0.1) is 0 Å². The monoisotopic (exact) mass is 234 g/mol. The number of nitrogens with one attached hydrogen (secondary N) is 1. The molecular formula is C13H18N2O2. The molecule has 4 nitrogen and oxygen atoms in total. The van der Waals surface area contributed by atoms with Crippen LogP contribution >= 0.6 is 0 Å². The number of hydrogen-bond donors (Lipinski definition) is 2. The Morgan fingerprint density at radius 1 is 1.47 bits per heavy atom. The van der Waals surface area contributed by atoms with E-state index in [1.807, 2.05) is 30.3 Å². The summed E-state index contributed by atoms with van der Waals surface area (Å²) in [5.74, 6) is -0.0965. The summed E-state index contributed by atoms with van der Waals surface area (Å²) in [6.45, 7) is 2.04. The van der Waals surface area contributed by atoms with E-state index in [9.17, 15) is 4.79 Å². The maximum absolute atomic E-state index is 11.7. The first-order chi connectivity index (χ1) is 8.27. The molecule has 0 aliphatic carbocycles. The van der Waals surface area contributed by atoms with Gasteiger partial charge in [-0.05, 0) is 24.4 Å². The van der Waals surface area contributed by atoms with Crippen molar-refractivity contribution in [1.82, 2.24) is 5.32 Å². The van der Waals surface area contributed by atoms with E-state index in [0.29, 0.717) is 6.61 Å². The van der Waals surface area contributed by atoms with Crippen molar-refractivity contribution < 1.29 is 9.53 Å². The molecular weight excluding hydrogens is 216 g/mol. The molecule has 1 aliphatic heterocycles. The first-order valence-corrected chi connectivity index (χ1v) is 5.94. The Labute approximate surface area is 101 Å². The van der Waals surface area contributed by atoms with Gasteiger partial charge in [0, 0.05) is 6.54 Å². The zero-order valence-electron chi connectivity index (χ0n) is 9.76. The second-order valence-electron chi connectivity index (χ2n) is 4.37. The number of hydrogen-bond acceptors (Lipinski definition) is 4. The molecule has 1 aliphatic rings. The second-order valence-corrected chi connectivity index (χ2v) is 4.37. The van der Waals surface area contributed by atoms with E-state index in [-0.39, 0.29) is 11.9 Å². The fourth-order valence-corrected chi connectivity index (χ4v) is 2.00. The second kappa shape index (κ2) is 5.80. The predicted molar refractivity (Wildman–Crippen MR) is 65.2 cm³/mol. The smallest absolute Gasteiger partial charge is 0.323 e. The van der Waals surface area contributed by atoms with Crippen LogP contribution in [0.2, 0.25) is 0 Å². The van der Waals surface area contributed by atoms with Gasteiger partial charge in [0.15, 0.2) is 0 Å². The Morgan fingerprint density at radius 3 is 2.88 bits per heavy atom. The number of carbonyl (C=O) groups is 1. The summed E-state index contributed by atoms with van der Waals surface area (Å²) in [4.78, 5) is 11.7. The normalized spacial score (nSPS) is 21.1. The minimum atomic E-state index is -0.506. The SMILES string of the molecule is NC(C(=O)OCc1ccccc1)[C@@H]1CCNC1. The van der Waals surface area contributed by atoms with Gasteiger partial charge in [0.1, 0.15) is 12.6 Å². The highest BCUT2D eigenvalue weighted by molar-refractivity contribution is 5.76. The predicted octanol–water partition coefficient (Wildman–Crippen LogP) is 0.667. The molecule has 17 heavy (non-hydrogen) atoms. The van der Waals surface area contributed by atoms with Crippen LogP contribution in [0, 0.1) is 5.92 Å². The van der Waals surface area contributed by atoms with Gasteiger partial charge < -0.3 is 15.8 Å². The summed E-state index contributed by atoms with van der Waals surface area (Å²) < 4.78 is 5.21. The molecule has 1 heterocycles. The molecule has 2 atom stereocenters. The lowest BCUT2D eigenvalue weighted by Gasteiger charge is -2.16. The van der Waals surface area contributed by atoms with Crippen LogP contribution in [0.25, 0.3) is 0 Å². The Kier molecular flexibility index (Phi) is 4.12. The van der Waals surface area contributed by atoms with Crippen molar-refractivity contribution in [3.63, 3.8) is 0 Å². The summed E-state index contributed by atoms with van der Waals surface area (Å²) in [5, 5.41) is 3.19. The van der Waals surface area contributed by atoms with Gasteiger partial charge in [-0.25, -0.2) is 0 Å². The number of esters is 1. The summed E-state index contributed by atoms with van der Waals surface area (Å²) in [5.41, 5.74) is 6.86. The van der Waals surface area contributed by atoms with Crippen molar-refractivity contribution >= 4 is 5.97 Å². The standard InChI is InChI=1S/C13H18N2O2/c14-12(11-6-7-15-8-11)13(16)17-9-10-4-2-1-3-5-10/h1-5,11-12,15H,6-9,14H2/t11-,12?/m1/s1. The third-order valence-corrected chi connectivity index (χ3v) is 3.10. The minimum Gasteiger partial charge on any atom is -0.460 e. The molecule has 1 fully saturated rings. The van der Waals surface area contributed by atoms with E-state index in [4.69, 9.17) is 10.5 Å². The van der Waals surface area contributed by atoms with Gasteiger partial charge in [0.2, 0.25) is 0 Å². The highest BCUT2D eigenvalue weighted by atomic mass is 16.5. The van der Waals surface area contributed by atoms with Crippen LogP contribution < -0.4 is 11.1 Å². The van der Waals surface area contributed by atoms with E-state index >= 15 is 0 Å². The van der Waals surface area contributed by atoms with Gasteiger partial charge in [-0.15, -0.1) is 0 Å². The van der Waals surface area contributed by atoms with Crippen LogP contribution in [0.15, 0.2) is 30.3 Å². The number of nitrogens with two attached hydrogens (primary N) is 1. The van der Waals surface area contributed by atoms with Crippen molar-refractivity contribution in [2.24, 2.45) is 11.7 Å². The Bertz CT molecular complexity index is 361. The maximum Gasteiger partial charge on any atom is 0.323 e. The summed E-state index contributed by atoms with van der Waals surface area (Å²) in [6.07, 6.45) is 0.946. The van der Waals surface area contributed by atoms with Crippen LogP contribution in [-0.4, -0.2) is 25.1 Å². The van der Waals surface area contributed by atoms with Crippen molar-refractivity contribution in [3.05, 3.63) is 35.9 Å². The number of rotatable bonds is 4. The number of benzene rings is 1. The molecule has 1 unspecified atom stereocenters. The molecule has 0 bridgehead atoms. The van der Waals surface area contributed by atoms with E-state index < -0.39 is 6.04 Å². The first kappa shape index (κ1) is 12.1. The molecule has 0 aromatic heterocycles. The zero-order chi connectivity index (χ0) is 12.1. The molecule has 3 N–H and O–H groups in total. The fraction of sp³-hybridized carbons (Fsp3) is 0.462. The summed E-state index contributed by atoms with van der Waals surface area (Å²) in [7, 11) is 0. The van der Waals surface area contributed by atoms with Crippen molar-refractivity contribution in [2.45, 2.75) is 19.1 Å². The van der Waals surface area contributed by atoms with Gasteiger partial charge in [0.25, 0.3) is 0 Å². The third-order valence-electron chi connectivity index (χ3n) is 3.10. The minimum absolute atomic E-state index is 0.207. The van der Waals surface area contributed by atoms with E-state index in [0.717, 1.165) is 25.1 Å². The maximum atomic E-state index is 11.7. The molecule has 0 amide bonds. The van der Waals surface area contributed by atoms with Crippen LogP contribution in [0.3, 0.4) is 0 Å². The Morgan fingerprint density at radius 2 is 2.24 bits per heavy atom. The highest BCUT2D eigenvalue weighted by Crippen LogP contribution is 2.13. The van der Waals surface area contributed by atoms with Crippen LogP contribution in [0.4, 0.5) is 0 Å². The number of carbonyl (C=O) groups excluding carboxylic acids is 1. The average Bonchev–Trinajstić information content (AvgIpc) is 2.90. The zero-order valence-corrected chi connectivity index (χ0v) is 9.76. The summed E-state index contributed by atoms with van der Waals surface area (Å²) in [6, 6.07) is 9.12. The molecule has 1 aromatic carbocycles. The van der Waals surface area contributed by atoms with Gasteiger partial charge in [-0.3, -0.25) is 4.79 Å². The summed E-state index contributed by atoms with van der Waals surface area (Å²) >= 11 is 0. The molecule has 1 aromatic rings. The highest BCUT2D eigenvalue weighted by Gasteiger charge is 2.28. The number of ether oxygens (including phenoxy) is 1. The lowest BCUT2D eigenvalue weighted by Crippen LogP contribution is -2.40. The molecule has 0 radical (unpaired) electrons. The van der Waals surface area contributed by atoms with Crippen LogP contribution in [-0.2, 0) is 16.1 Å². The molecule has 92 valence electrons. The fourth-order valence-electron chi connectivity index (χ4n) is 2.00.